The van der Waals surface area contributed by atoms with Crippen molar-refractivity contribution in [2.45, 2.75) is 18.9 Å². The molecule has 2 aromatic rings. The van der Waals surface area contributed by atoms with Crippen LogP contribution in [0.1, 0.15) is 23.2 Å². The zero-order valence-electron chi connectivity index (χ0n) is 14.6. The first-order valence-corrected chi connectivity index (χ1v) is 8.26. The van der Waals surface area contributed by atoms with E-state index in [-0.39, 0.29) is 18.0 Å². The van der Waals surface area contributed by atoms with Gasteiger partial charge < -0.3 is 19.1 Å². The van der Waals surface area contributed by atoms with Crippen LogP contribution < -0.4 is 14.2 Å². The molecule has 0 bridgehead atoms. The maximum Gasteiger partial charge on any atom is 0.316 e. The molecular formula is C18H20FN3O4. The number of methoxy groups -OCH3 is 2. The second-order valence-corrected chi connectivity index (χ2v) is 5.89. The Morgan fingerprint density at radius 3 is 2.62 bits per heavy atom. The van der Waals surface area contributed by atoms with Gasteiger partial charge in [0.05, 0.1) is 33.2 Å². The van der Waals surface area contributed by atoms with Crippen molar-refractivity contribution in [2.24, 2.45) is 0 Å². The highest BCUT2D eigenvalue weighted by Gasteiger charge is 2.26. The number of hydrogen-bond acceptors (Lipinski definition) is 6. The molecule has 7 nitrogen and oxygen atoms in total. The summed E-state index contributed by atoms with van der Waals surface area (Å²) in [6, 6.07) is 5.18. The van der Waals surface area contributed by atoms with Crippen molar-refractivity contribution in [3.05, 3.63) is 42.0 Å². The lowest BCUT2D eigenvalue weighted by molar-refractivity contribution is 0.0515. The number of likely N-dealkylation sites (tertiary alicyclic amines) is 1. The minimum absolute atomic E-state index is 0.108. The molecule has 3 rings (SSSR count). The third-order valence-electron chi connectivity index (χ3n) is 4.16. The Morgan fingerprint density at radius 1 is 1.19 bits per heavy atom. The van der Waals surface area contributed by atoms with Gasteiger partial charge in [0.25, 0.3) is 5.91 Å². The second kappa shape index (κ2) is 7.99. The van der Waals surface area contributed by atoms with Crippen molar-refractivity contribution in [3.8, 4) is 17.5 Å². The van der Waals surface area contributed by atoms with Crippen LogP contribution in [0.4, 0.5) is 4.39 Å². The average Bonchev–Trinajstić information content (AvgIpc) is 2.69. The van der Waals surface area contributed by atoms with Crippen LogP contribution in [0.15, 0.2) is 30.6 Å². The number of benzene rings is 1. The third-order valence-corrected chi connectivity index (χ3v) is 4.16. The Hall–Kier alpha value is -2.90. The summed E-state index contributed by atoms with van der Waals surface area (Å²) in [7, 11) is 3.07. The maximum atomic E-state index is 12.9. The van der Waals surface area contributed by atoms with E-state index in [0.29, 0.717) is 30.2 Å². The largest absolute Gasteiger partial charge is 0.493 e. The zero-order valence-corrected chi connectivity index (χ0v) is 14.6. The molecule has 0 spiro atoms. The van der Waals surface area contributed by atoms with E-state index >= 15 is 0 Å². The lowest BCUT2D eigenvalue weighted by atomic mass is 10.1. The van der Waals surface area contributed by atoms with Crippen molar-refractivity contribution in [3.63, 3.8) is 0 Å². The van der Waals surface area contributed by atoms with Crippen LogP contribution >= 0.6 is 0 Å². The molecule has 0 N–H and O–H groups in total. The first kappa shape index (κ1) is 17.9. The van der Waals surface area contributed by atoms with E-state index in [1.807, 2.05) is 0 Å². The highest BCUT2D eigenvalue weighted by molar-refractivity contribution is 5.95. The fraction of sp³-hybridized carbons (Fsp3) is 0.389. The van der Waals surface area contributed by atoms with Crippen LogP contribution in [-0.2, 0) is 0 Å². The van der Waals surface area contributed by atoms with Gasteiger partial charge in [-0.25, -0.2) is 14.4 Å². The van der Waals surface area contributed by atoms with Crippen LogP contribution in [-0.4, -0.2) is 54.2 Å². The molecular weight excluding hydrogens is 341 g/mol. The first-order chi connectivity index (χ1) is 12.6. The molecule has 2 heterocycles. The van der Waals surface area contributed by atoms with E-state index in [4.69, 9.17) is 14.2 Å². The van der Waals surface area contributed by atoms with Gasteiger partial charge in [-0.15, -0.1) is 0 Å². The minimum atomic E-state index is -0.522. The number of piperidine rings is 1. The van der Waals surface area contributed by atoms with E-state index in [1.165, 1.54) is 7.11 Å². The molecule has 1 aromatic heterocycles. The van der Waals surface area contributed by atoms with Gasteiger partial charge in [0.2, 0.25) is 0 Å². The lowest BCUT2D eigenvalue weighted by Gasteiger charge is -2.32. The summed E-state index contributed by atoms with van der Waals surface area (Å²) in [5.41, 5.74) is 0.515. The SMILES string of the molecule is COc1ccc(C(=O)N2CCCC(Oc3ncc(F)cn3)C2)cc1OC. The Morgan fingerprint density at radius 2 is 1.92 bits per heavy atom. The summed E-state index contributed by atoms with van der Waals surface area (Å²) in [5, 5.41) is 0. The molecule has 8 heteroatoms. The summed E-state index contributed by atoms with van der Waals surface area (Å²) < 4.78 is 29.0. The summed E-state index contributed by atoms with van der Waals surface area (Å²) >= 11 is 0. The van der Waals surface area contributed by atoms with Gasteiger partial charge in [0.15, 0.2) is 17.3 Å². The number of aromatic nitrogens is 2. The smallest absolute Gasteiger partial charge is 0.316 e. The summed E-state index contributed by atoms with van der Waals surface area (Å²) in [6.45, 7) is 1.05. The van der Waals surface area contributed by atoms with Crippen LogP contribution in [0.2, 0.25) is 0 Å². The normalized spacial score (nSPS) is 16.9. The van der Waals surface area contributed by atoms with Gasteiger partial charge in [-0.05, 0) is 31.0 Å². The Labute approximate surface area is 150 Å². The molecule has 0 aliphatic carbocycles. The maximum absolute atomic E-state index is 12.9. The fourth-order valence-electron chi connectivity index (χ4n) is 2.88. The highest BCUT2D eigenvalue weighted by atomic mass is 19.1. The predicted molar refractivity (Wildman–Crippen MR) is 91.1 cm³/mol. The topological polar surface area (TPSA) is 73.8 Å². The minimum Gasteiger partial charge on any atom is -0.493 e. The summed E-state index contributed by atoms with van der Waals surface area (Å²) in [5.74, 6) is 0.436. The van der Waals surface area contributed by atoms with E-state index in [9.17, 15) is 9.18 Å². The van der Waals surface area contributed by atoms with Crippen LogP contribution in [0.5, 0.6) is 17.5 Å². The number of carbonyl (C=O) groups is 1. The number of hydrogen-bond donors (Lipinski definition) is 0. The Kier molecular flexibility index (Phi) is 5.50. The lowest BCUT2D eigenvalue weighted by Crippen LogP contribution is -2.44. The molecule has 1 aromatic carbocycles. The van der Waals surface area contributed by atoms with E-state index in [0.717, 1.165) is 25.2 Å². The molecule has 1 fully saturated rings. The van der Waals surface area contributed by atoms with Crippen LogP contribution in [0.25, 0.3) is 0 Å². The Bertz CT molecular complexity index is 770. The number of carbonyl (C=O) groups excluding carboxylic acids is 1. The molecule has 1 atom stereocenters. The van der Waals surface area contributed by atoms with E-state index in [2.05, 4.69) is 9.97 Å². The van der Waals surface area contributed by atoms with Crippen molar-refractivity contribution < 1.29 is 23.4 Å². The monoisotopic (exact) mass is 361 g/mol. The molecule has 1 unspecified atom stereocenters. The Balaban J connectivity index is 1.68. The second-order valence-electron chi connectivity index (χ2n) is 5.89. The third kappa shape index (κ3) is 4.01. The molecule has 0 saturated carbocycles. The first-order valence-electron chi connectivity index (χ1n) is 8.26. The predicted octanol–water partition coefficient (Wildman–Crippen LogP) is 2.32. The molecule has 1 amide bonds. The zero-order chi connectivity index (χ0) is 18.5. The van der Waals surface area contributed by atoms with Crippen LogP contribution in [0.3, 0.4) is 0 Å². The van der Waals surface area contributed by atoms with Crippen molar-refractivity contribution in [1.29, 1.82) is 0 Å². The van der Waals surface area contributed by atoms with Crippen molar-refractivity contribution in [2.75, 3.05) is 27.3 Å². The number of amides is 1. The van der Waals surface area contributed by atoms with Crippen molar-refractivity contribution >= 4 is 5.91 Å². The van der Waals surface area contributed by atoms with Gasteiger partial charge in [-0.2, -0.15) is 0 Å². The molecule has 1 saturated heterocycles. The highest BCUT2D eigenvalue weighted by Crippen LogP contribution is 2.28. The van der Waals surface area contributed by atoms with Gasteiger partial charge in [-0.1, -0.05) is 0 Å². The number of ether oxygens (including phenoxy) is 3. The van der Waals surface area contributed by atoms with Gasteiger partial charge in [0, 0.05) is 12.1 Å². The summed E-state index contributed by atoms with van der Waals surface area (Å²) in [6.07, 6.45) is 3.44. The molecule has 1 aliphatic rings. The quantitative estimate of drug-likeness (QED) is 0.814. The molecule has 26 heavy (non-hydrogen) atoms. The number of halogens is 1. The number of nitrogens with zero attached hydrogens (tertiary/aromatic N) is 3. The van der Waals surface area contributed by atoms with E-state index in [1.54, 1.807) is 30.2 Å². The standard InChI is InChI=1S/C18H20FN3O4/c1-24-15-6-5-12(8-16(15)25-2)17(23)22-7-3-4-14(11-22)26-18-20-9-13(19)10-21-18/h5-6,8-10,14H,3-4,7,11H2,1-2H3. The number of rotatable bonds is 5. The average molecular weight is 361 g/mol. The molecule has 1 aliphatic heterocycles. The summed E-state index contributed by atoms with van der Waals surface area (Å²) in [4.78, 5) is 22.1. The molecule has 0 radical (unpaired) electrons. The van der Waals surface area contributed by atoms with Gasteiger partial charge in [0.1, 0.15) is 6.10 Å². The van der Waals surface area contributed by atoms with Crippen molar-refractivity contribution in [1.82, 2.24) is 14.9 Å². The van der Waals surface area contributed by atoms with E-state index < -0.39 is 5.82 Å². The van der Waals surface area contributed by atoms with Crippen LogP contribution in [0, 0.1) is 5.82 Å². The fourth-order valence-corrected chi connectivity index (χ4v) is 2.88. The van der Waals surface area contributed by atoms with Gasteiger partial charge in [-0.3, -0.25) is 4.79 Å². The molecule has 138 valence electrons. The van der Waals surface area contributed by atoms with Gasteiger partial charge >= 0.3 is 6.01 Å².